The number of aryl methyl sites for hydroxylation is 2. The minimum absolute atomic E-state index is 0.197. The van der Waals surface area contributed by atoms with Gasteiger partial charge in [-0.2, -0.15) is 5.10 Å². The van der Waals surface area contributed by atoms with E-state index in [1.165, 1.54) is 12.1 Å². The largest absolute Gasteiger partial charge is 0.491 e. The van der Waals surface area contributed by atoms with Crippen LogP contribution in [-0.4, -0.2) is 45.6 Å². The molecule has 37 heavy (non-hydrogen) atoms. The van der Waals surface area contributed by atoms with Crippen LogP contribution in [0.15, 0.2) is 78.9 Å². The van der Waals surface area contributed by atoms with E-state index in [1.54, 1.807) is 16.8 Å². The Morgan fingerprint density at radius 1 is 1.00 bits per heavy atom. The molecular formula is C30H34FN3O3. The molecule has 0 aliphatic heterocycles. The van der Waals surface area contributed by atoms with Crippen LogP contribution in [0.5, 0.6) is 17.4 Å². The standard InChI is InChI=1S/C30H34FN3O3/c1-4-18-34(19-25(35)21-36-28-13-9-8-10-22(28)2)20-27-29(23-11-6-5-7-12-23)32-33(3)30(27)37-26-16-14-24(31)15-17-26/h5-17,25,35H,4,18-21H2,1-3H3/t25-/m1/s1. The number of para-hydroxylation sites is 1. The number of ether oxygens (including phenoxy) is 2. The summed E-state index contributed by atoms with van der Waals surface area (Å²) in [6.45, 7) is 6.02. The molecule has 0 saturated carbocycles. The van der Waals surface area contributed by atoms with Gasteiger partial charge in [0.05, 0.1) is 5.56 Å². The molecule has 0 aliphatic rings. The average Bonchev–Trinajstić information content (AvgIpc) is 3.20. The van der Waals surface area contributed by atoms with E-state index in [0.29, 0.717) is 24.7 Å². The van der Waals surface area contributed by atoms with E-state index < -0.39 is 6.10 Å². The van der Waals surface area contributed by atoms with Crippen LogP contribution >= 0.6 is 0 Å². The Balaban J connectivity index is 1.57. The van der Waals surface area contributed by atoms with Gasteiger partial charge in [-0.15, -0.1) is 0 Å². The van der Waals surface area contributed by atoms with Crippen LogP contribution < -0.4 is 9.47 Å². The number of hydrogen-bond donors (Lipinski definition) is 1. The molecule has 0 bridgehead atoms. The molecule has 194 valence electrons. The Labute approximate surface area is 217 Å². The quantitative estimate of drug-likeness (QED) is 0.258. The number of rotatable bonds is 12. The summed E-state index contributed by atoms with van der Waals surface area (Å²) in [6, 6.07) is 23.7. The molecule has 1 atom stereocenters. The fraction of sp³-hybridized carbons (Fsp3) is 0.300. The first-order valence-electron chi connectivity index (χ1n) is 12.6. The number of aromatic nitrogens is 2. The summed E-state index contributed by atoms with van der Waals surface area (Å²) in [5.74, 6) is 1.56. The first-order valence-corrected chi connectivity index (χ1v) is 12.6. The molecule has 3 aromatic carbocycles. The van der Waals surface area contributed by atoms with Crippen LogP contribution in [0.1, 0.15) is 24.5 Å². The summed E-state index contributed by atoms with van der Waals surface area (Å²) >= 11 is 0. The Kier molecular flexibility index (Phi) is 8.93. The second-order valence-electron chi connectivity index (χ2n) is 9.14. The number of benzene rings is 3. The molecule has 0 unspecified atom stereocenters. The number of nitrogens with zero attached hydrogens (tertiary/aromatic N) is 3. The lowest BCUT2D eigenvalue weighted by Crippen LogP contribution is -2.36. The second-order valence-corrected chi connectivity index (χ2v) is 9.14. The van der Waals surface area contributed by atoms with Gasteiger partial charge in [-0.3, -0.25) is 4.90 Å². The summed E-state index contributed by atoms with van der Waals surface area (Å²) in [5.41, 5.74) is 3.72. The molecule has 1 aromatic heterocycles. The van der Waals surface area contributed by atoms with Crippen LogP contribution in [-0.2, 0) is 13.6 Å². The van der Waals surface area contributed by atoms with E-state index in [1.807, 2.05) is 68.6 Å². The van der Waals surface area contributed by atoms with Gasteiger partial charge in [0, 0.05) is 25.7 Å². The van der Waals surface area contributed by atoms with Crippen molar-refractivity contribution in [3.63, 3.8) is 0 Å². The van der Waals surface area contributed by atoms with Crippen molar-refractivity contribution in [2.45, 2.75) is 32.9 Å². The van der Waals surface area contributed by atoms with Gasteiger partial charge in [-0.1, -0.05) is 55.5 Å². The molecule has 7 heteroatoms. The van der Waals surface area contributed by atoms with Gasteiger partial charge in [-0.05, 0) is 55.8 Å². The minimum atomic E-state index is -0.676. The third kappa shape index (κ3) is 6.96. The summed E-state index contributed by atoms with van der Waals surface area (Å²) in [4.78, 5) is 2.19. The Bertz CT molecular complexity index is 1280. The Morgan fingerprint density at radius 3 is 2.41 bits per heavy atom. The zero-order chi connectivity index (χ0) is 26.2. The average molecular weight is 504 g/mol. The normalized spacial score (nSPS) is 12.1. The van der Waals surface area contributed by atoms with Gasteiger partial charge in [0.1, 0.15) is 35.7 Å². The van der Waals surface area contributed by atoms with Crippen molar-refractivity contribution in [2.75, 3.05) is 19.7 Å². The van der Waals surface area contributed by atoms with Crippen molar-refractivity contribution in [2.24, 2.45) is 7.05 Å². The zero-order valence-corrected chi connectivity index (χ0v) is 21.6. The third-order valence-corrected chi connectivity index (χ3v) is 6.08. The van der Waals surface area contributed by atoms with Gasteiger partial charge < -0.3 is 14.6 Å². The van der Waals surface area contributed by atoms with Gasteiger partial charge >= 0.3 is 0 Å². The van der Waals surface area contributed by atoms with E-state index in [-0.39, 0.29) is 12.4 Å². The lowest BCUT2D eigenvalue weighted by Gasteiger charge is -2.25. The number of halogens is 1. The van der Waals surface area contributed by atoms with Crippen LogP contribution in [0.3, 0.4) is 0 Å². The van der Waals surface area contributed by atoms with Crippen molar-refractivity contribution in [1.29, 1.82) is 0 Å². The van der Waals surface area contributed by atoms with Crippen LogP contribution in [0.2, 0.25) is 0 Å². The lowest BCUT2D eigenvalue weighted by molar-refractivity contribution is 0.0652. The van der Waals surface area contributed by atoms with Gasteiger partial charge in [-0.25, -0.2) is 9.07 Å². The predicted octanol–water partition coefficient (Wildman–Crippen LogP) is 5.98. The highest BCUT2D eigenvalue weighted by Gasteiger charge is 2.23. The summed E-state index contributed by atoms with van der Waals surface area (Å²) < 4.78 is 27.3. The number of aliphatic hydroxyl groups excluding tert-OH is 1. The SMILES string of the molecule is CCCN(Cc1c(-c2ccccc2)nn(C)c1Oc1ccc(F)cc1)C[C@@H](O)COc1ccccc1C. The van der Waals surface area contributed by atoms with Gasteiger partial charge in [0.2, 0.25) is 5.88 Å². The van der Waals surface area contributed by atoms with Crippen molar-refractivity contribution in [3.8, 4) is 28.6 Å². The lowest BCUT2D eigenvalue weighted by atomic mass is 10.1. The molecule has 0 aliphatic carbocycles. The second kappa shape index (κ2) is 12.5. The molecule has 4 rings (SSSR count). The fourth-order valence-electron chi connectivity index (χ4n) is 4.29. The first-order chi connectivity index (χ1) is 17.9. The van der Waals surface area contributed by atoms with Gasteiger partial charge in [0.15, 0.2) is 0 Å². The van der Waals surface area contributed by atoms with E-state index in [4.69, 9.17) is 14.6 Å². The monoisotopic (exact) mass is 503 g/mol. The molecule has 4 aromatic rings. The first kappa shape index (κ1) is 26.4. The minimum Gasteiger partial charge on any atom is -0.491 e. The smallest absolute Gasteiger partial charge is 0.222 e. The zero-order valence-electron chi connectivity index (χ0n) is 21.6. The Hall–Kier alpha value is -3.68. The van der Waals surface area contributed by atoms with Gasteiger partial charge in [0.25, 0.3) is 0 Å². The van der Waals surface area contributed by atoms with E-state index >= 15 is 0 Å². The van der Waals surface area contributed by atoms with E-state index in [2.05, 4.69) is 11.8 Å². The maximum absolute atomic E-state index is 13.5. The maximum atomic E-state index is 13.5. The molecule has 0 saturated heterocycles. The highest BCUT2D eigenvalue weighted by molar-refractivity contribution is 5.65. The molecule has 0 fully saturated rings. The Morgan fingerprint density at radius 2 is 1.70 bits per heavy atom. The van der Waals surface area contributed by atoms with Crippen LogP contribution in [0.4, 0.5) is 4.39 Å². The topological polar surface area (TPSA) is 59.8 Å². The number of hydrogen-bond acceptors (Lipinski definition) is 5. The van der Waals surface area contributed by atoms with Crippen molar-refractivity contribution in [3.05, 3.63) is 95.8 Å². The highest BCUT2D eigenvalue weighted by atomic mass is 19.1. The van der Waals surface area contributed by atoms with Crippen molar-refractivity contribution >= 4 is 0 Å². The maximum Gasteiger partial charge on any atom is 0.222 e. The number of aliphatic hydroxyl groups is 1. The predicted molar refractivity (Wildman–Crippen MR) is 143 cm³/mol. The summed E-state index contributed by atoms with van der Waals surface area (Å²) in [5, 5.41) is 15.6. The summed E-state index contributed by atoms with van der Waals surface area (Å²) in [7, 11) is 1.84. The van der Waals surface area contributed by atoms with E-state index in [9.17, 15) is 9.50 Å². The highest BCUT2D eigenvalue weighted by Crippen LogP contribution is 2.34. The molecule has 0 radical (unpaired) electrons. The molecule has 6 nitrogen and oxygen atoms in total. The molecule has 0 spiro atoms. The van der Waals surface area contributed by atoms with E-state index in [0.717, 1.165) is 41.1 Å². The van der Waals surface area contributed by atoms with Crippen LogP contribution in [0, 0.1) is 12.7 Å². The fourth-order valence-corrected chi connectivity index (χ4v) is 4.29. The molecule has 1 heterocycles. The summed E-state index contributed by atoms with van der Waals surface area (Å²) in [6.07, 6.45) is 0.241. The van der Waals surface area contributed by atoms with Crippen molar-refractivity contribution in [1.82, 2.24) is 14.7 Å². The molecule has 0 amide bonds. The molecular weight excluding hydrogens is 469 g/mol. The molecule has 1 N–H and O–H groups in total. The van der Waals surface area contributed by atoms with Crippen LogP contribution in [0.25, 0.3) is 11.3 Å². The van der Waals surface area contributed by atoms with Crippen molar-refractivity contribution < 1.29 is 19.0 Å². The third-order valence-electron chi connectivity index (χ3n) is 6.08.